The van der Waals surface area contributed by atoms with Crippen LogP contribution in [0.25, 0.3) is 10.9 Å². The quantitative estimate of drug-likeness (QED) is 0.631. The summed E-state index contributed by atoms with van der Waals surface area (Å²) in [7, 11) is 1.60. The molecule has 0 radical (unpaired) electrons. The first-order valence-electron chi connectivity index (χ1n) is 4.24. The molecule has 68 valence electrons. The fourth-order valence-electron chi connectivity index (χ4n) is 1.49. The summed E-state index contributed by atoms with van der Waals surface area (Å²) in [5, 5.41) is 9.91. The number of pyridine rings is 1. The molecule has 14 heavy (non-hydrogen) atoms. The predicted octanol–water partition coefficient (Wildman–Crippen LogP) is 1.47. The summed E-state index contributed by atoms with van der Waals surface area (Å²) < 4.78 is 6.69. The molecule has 0 aliphatic heterocycles. The number of aromatic nitrogens is 1. The van der Waals surface area contributed by atoms with Gasteiger partial charge in [-0.3, -0.25) is 0 Å². The second kappa shape index (κ2) is 3.35. The van der Waals surface area contributed by atoms with Crippen molar-refractivity contribution in [2.45, 2.75) is 0 Å². The normalized spacial score (nSPS) is 9.71. The van der Waals surface area contributed by atoms with E-state index in [1.807, 2.05) is 30.3 Å². The van der Waals surface area contributed by atoms with Crippen molar-refractivity contribution in [1.82, 2.24) is 0 Å². The average molecular weight is 185 g/mol. The Morgan fingerprint density at radius 3 is 2.79 bits per heavy atom. The molecular formula is C11H9N2O+. The van der Waals surface area contributed by atoms with E-state index in [0.717, 1.165) is 10.9 Å². The number of fused-ring (bicyclic) bond motifs is 1. The van der Waals surface area contributed by atoms with Gasteiger partial charge in [-0.1, -0.05) is 12.1 Å². The maximum atomic E-state index is 8.91. The Morgan fingerprint density at radius 1 is 1.29 bits per heavy atom. The highest BCUT2D eigenvalue weighted by Crippen LogP contribution is 2.20. The van der Waals surface area contributed by atoms with Crippen LogP contribution in [0.4, 0.5) is 0 Å². The molecule has 2 aromatic rings. The lowest BCUT2D eigenvalue weighted by atomic mass is 10.2. The smallest absolute Gasteiger partial charge is 0.464 e. The number of methoxy groups -OCH3 is 1. The van der Waals surface area contributed by atoms with Crippen LogP contribution < -0.4 is 9.30 Å². The monoisotopic (exact) mass is 185 g/mol. The topological polar surface area (TPSA) is 36.9 Å². The molecule has 1 heterocycles. The van der Waals surface area contributed by atoms with E-state index >= 15 is 0 Å². The van der Waals surface area contributed by atoms with Crippen LogP contribution >= 0.6 is 0 Å². The van der Waals surface area contributed by atoms with Gasteiger partial charge in [-0.05, 0) is 18.2 Å². The van der Waals surface area contributed by atoms with E-state index in [-0.39, 0.29) is 0 Å². The van der Waals surface area contributed by atoms with Crippen LogP contribution in [-0.4, -0.2) is 7.11 Å². The zero-order valence-electron chi connectivity index (χ0n) is 7.77. The van der Waals surface area contributed by atoms with Crippen molar-refractivity contribution in [3.05, 3.63) is 36.5 Å². The average Bonchev–Trinajstić information content (AvgIpc) is 2.27. The van der Waals surface area contributed by atoms with E-state index in [4.69, 9.17) is 10.00 Å². The molecule has 0 fully saturated rings. The highest BCUT2D eigenvalue weighted by Gasteiger charge is 2.09. The van der Waals surface area contributed by atoms with Crippen LogP contribution in [0.1, 0.15) is 0 Å². The molecule has 0 atom stereocenters. The highest BCUT2D eigenvalue weighted by atomic mass is 16.5. The zero-order valence-corrected chi connectivity index (χ0v) is 7.77. The number of rotatable bonds is 1. The molecule has 3 nitrogen and oxygen atoms in total. The lowest BCUT2D eigenvalue weighted by Gasteiger charge is -2.02. The fourth-order valence-corrected chi connectivity index (χ4v) is 1.49. The number of nitriles is 1. The van der Waals surface area contributed by atoms with Crippen LogP contribution in [0.2, 0.25) is 0 Å². The van der Waals surface area contributed by atoms with Gasteiger partial charge in [0.2, 0.25) is 0 Å². The Kier molecular flexibility index (Phi) is 2.04. The molecule has 2 rings (SSSR count). The number of ether oxygens (including phenoxy) is 1. The SMILES string of the molecule is COc1cccc2ccc[n+](C#N)c12. The fraction of sp³-hybridized carbons (Fsp3) is 0.0909. The van der Waals surface area contributed by atoms with Gasteiger partial charge in [-0.25, -0.2) is 0 Å². The summed E-state index contributed by atoms with van der Waals surface area (Å²) in [6.45, 7) is 0. The molecule has 0 saturated carbocycles. The molecule has 0 spiro atoms. The Hall–Kier alpha value is -2.08. The van der Waals surface area contributed by atoms with Crippen LogP contribution in [-0.2, 0) is 0 Å². The Labute approximate surface area is 81.8 Å². The van der Waals surface area contributed by atoms with Gasteiger partial charge in [0, 0.05) is 5.39 Å². The lowest BCUT2D eigenvalue weighted by molar-refractivity contribution is -0.557. The lowest BCUT2D eigenvalue weighted by Crippen LogP contribution is -2.28. The summed E-state index contributed by atoms with van der Waals surface area (Å²) in [6.07, 6.45) is 3.79. The molecule has 1 aromatic carbocycles. The van der Waals surface area contributed by atoms with E-state index in [1.54, 1.807) is 13.3 Å². The molecule has 0 saturated heterocycles. The van der Waals surface area contributed by atoms with Crippen LogP contribution in [0, 0.1) is 11.5 Å². The van der Waals surface area contributed by atoms with Crippen molar-refractivity contribution in [3.63, 3.8) is 0 Å². The number of benzene rings is 1. The van der Waals surface area contributed by atoms with Crippen molar-refractivity contribution in [3.8, 4) is 11.9 Å². The van der Waals surface area contributed by atoms with Crippen molar-refractivity contribution in [1.29, 1.82) is 5.26 Å². The summed E-state index contributed by atoms with van der Waals surface area (Å²) in [6, 6.07) is 9.49. The third-order valence-corrected chi connectivity index (χ3v) is 2.11. The first-order chi connectivity index (χ1) is 6.86. The minimum absolute atomic E-state index is 0.713. The molecule has 0 aliphatic rings. The van der Waals surface area contributed by atoms with Gasteiger partial charge in [-0.2, -0.15) is 0 Å². The van der Waals surface area contributed by atoms with Gasteiger partial charge in [0.15, 0.2) is 16.5 Å². The van der Waals surface area contributed by atoms with Gasteiger partial charge in [0.05, 0.1) is 7.11 Å². The molecule has 0 aliphatic carbocycles. The first-order valence-corrected chi connectivity index (χ1v) is 4.24. The van der Waals surface area contributed by atoms with E-state index in [1.165, 1.54) is 4.57 Å². The van der Waals surface area contributed by atoms with E-state index in [0.29, 0.717) is 5.75 Å². The van der Waals surface area contributed by atoms with Crippen molar-refractivity contribution >= 4 is 10.9 Å². The highest BCUT2D eigenvalue weighted by molar-refractivity contribution is 5.81. The largest absolute Gasteiger partial charge is 0.492 e. The van der Waals surface area contributed by atoms with Gasteiger partial charge in [0.1, 0.15) is 6.20 Å². The second-order valence-electron chi connectivity index (χ2n) is 2.88. The summed E-state index contributed by atoms with van der Waals surface area (Å²) >= 11 is 0. The van der Waals surface area contributed by atoms with Crippen molar-refractivity contribution in [2.24, 2.45) is 0 Å². The summed E-state index contributed by atoms with van der Waals surface area (Å²) in [5.41, 5.74) is 0.806. The summed E-state index contributed by atoms with van der Waals surface area (Å²) in [5.74, 6) is 0.713. The first kappa shape index (κ1) is 8.52. The maximum absolute atomic E-state index is 8.91. The molecule has 0 amide bonds. The molecular weight excluding hydrogens is 176 g/mol. The zero-order chi connectivity index (χ0) is 9.97. The van der Waals surface area contributed by atoms with E-state index in [2.05, 4.69) is 6.19 Å². The van der Waals surface area contributed by atoms with Crippen LogP contribution in [0.15, 0.2) is 36.5 Å². The van der Waals surface area contributed by atoms with Gasteiger partial charge >= 0.3 is 6.19 Å². The van der Waals surface area contributed by atoms with Crippen molar-refractivity contribution in [2.75, 3.05) is 7.11 Å². The number of hydrogen-bond acceptors (Lipinski definition) is 2. The predicted molar refractivity (Wildman–Crippen MR) is 51.7 cm³/mol. The number of nitrogens with zero attached hydrogens (tertiary/aromatic N) is 2. The summed E-state index contributed by atoms with van der Waals surface area (Å²) in [4.78, 5) is 0. The van der Waals surface area contributed by atoms with Gasteiger partial charge < -0.3 is 4.74 Å². The standard InChI is InChI=1S/C11H9N2O/c1-14-10-6-2-4-9-5-3-7-13(8-12)11(9)10/h2-7H,1H3/q+1. The Morgan fingerprint density at radius 2 is 2.07 bits per heavy atom. The molecule has 0 bridgehead atoms. The molecule has 1 aromatic heterocycles. The number of hydrogen-bond donors (Lipinski definition) is 0. The van der Waals surface area contributed by atoms with E-state index < -0.39 is 0 Å². The van der Waals surface area contributed by atoms with Gasteiger partial charge in [-0.15, -0.1) is 4.57 Å². The Bertz CT molecular complexity index is 509. The third kappa shape index (κ3) is 1.17. The minimum atomic E-state index is 0.713. The molecule has 3 heteroatoms. The maximum Gasteiger partial charge on any atom is 0.464 e. The Balaban J connectivity index is 2.90. The van der Waals surface area contributed by atoms with E-state index in [9.17, 15) is 0 Å². The van der Waals surface area contributed by atoms with Crippen LogP contribution in [0.5, 0.6) is 5.75 Å². The second-order valence-corrected chi connectivity index (χ2v) is 2.88. The third-order valence-electron chi connectivity index (χ3n) is 2.11. The minimum Gasteiger partial charge on any atom is -0.492 e. The molecule has 0 unspecified atom stereocenters. The number of para-hydroxylation sites is 1. The van der Waals surface area contributed by atoms with Crippen LogP contribution in [0.3, 0.4) is 0 Å². The van der Waals surface area contributed by atoms with Crippen molar-refractivity contribution < 1.29 is 9.30 Å². The molecule has 0 N–H and O–H groups in total. The van der Waals surface area contributed by atoms with Gasteiger partial charge in [0.25, 0.3) is 0 Å².